The highest BCUT2D eigenvalue weighted by Gasteiger charge is 2.28. The first kappa shape index (κ1) is 23.0. The van der Waals surface area contributed by atoms with Crippen LogP contribution in [0.4, 0.5) is 0 Å². The van der Waals surface area contributed by atoms with E-state index in [-0.39, 0.29) is 17.9 Å². The maximum atomic E-state index is 13.4. The summed E-state index contributed by atoms with van der Waals surface area (Å²) >= 11 is 0. The Hall–Kier alpha value is -3.14. The van der Waals surface area contributed by atoms with Crippen LogP contribution in [-0.2, 0) is 22.4 Å². The second-order valence-corrected chi connectivity index (χ2v) is 9.13. The van der Waals surface area contributed by atoms with Gasteiger partial charge in [0.1, 0.15) is 6.04 Å². The van der Waals surface area contributed by atoms with E-state index in [9.17, 15) is 9.59 Å². The van der Waals surface area contributed by atoms with Gasteiger partial charge in [-0.25, -0.2) is 0 Å². The van der Waals surface area contributed by atoms with E-state index in [0.717, 1.165) is 19.3 Å². The van der Waals surface area contributed by atoms with Gasteiger partial charge >= 0.3 is 0 Å². The third-order valence-corrected chi connectivity index (χ3v) is 6.84. The lowest BCUT2D eigenvalue weighted by molar-refractivity contribution is -0.140. The fourth-order valence-corrected chi connectivity index (χ4v) is 4.86. The number of carbonyl (C=O) groups excluding carboxylic acids is 2. The molecule has 172 valence electrons. The molecule has 0 saturated heterocycles. The van der Waals surface area contributed by atoms with Crippen LogP contribution < -0.4 is 5.32 Å². The van der Waals surface area contributed by atoms with Crippen LogP contribution in [0, 0.1) is 0 Å². The number of nitrogens with zero attached hydrogens (tertiary/aromatic N) is 1. The van der Waals surface area contributed by atoms with Crippen LogP contribution in [0.2, 0.25) is 0 Å². The van der Waals surface area contributed by atoms with Crippen LogP contribution in [0.5, 0.6) is 0 Å². The number of carbonyl (C=O) groups is 2. The zero-order chi connectivity index (χ0) is 23.0. The summed E-state index contributed by atoms with van der Waals surface area (Å²) in [6.07, 6.45) is 6.21. The molecule has 3 aromatic carbocycles. The summed E-state index contributed by atoms with van der Waals surface area (Å²) in [4.78, 5) is 28.2. The van der Waals surface area contributed by atoms with Gasteiger partial charge in [-0.1, -0.05) is 85.6 Å². The SMILES string of the molecule is C[C@@H](C(=O)NC1CCCC1)N(CCc1ccccc1)C(=O)CCc1cccc2ccccc12. The molecule has 4 nitrogen and oxygen atoms in total. The maximum Gasteiger partial charge on any atom is 0.242 e. The van der Waals surface area contributed by atoms with E-state index in [0.29, 0.717) is 19.4 Å². The predicted octanol–water partition coefficient (Wildman–Crippen LogP) is 5.29. The summed E-state index contributed by atoms with van der Waals surface area (Å²) in [5, 5.41) is 5.56. The first-order valence-corrected chi connectivity index (χ1v) is 12.2. The van der Waals surface area contributed by atoms with E-state index in [2.05, 4.69) is 41.7 Å². The standard InChI is InChI=1S/C29H34N2O2/c1-22(29(33)30-26-15-6-7-16-26)31(21-20-23-10-3-2-4-11-23)28(32)19-18-25-14-9-13-24-12-5-8-17-27(24)25/h2-5,8-14,17,22,26H,6-7,15-16,18-21H2,1H3,(H,30,33)/t22-/m0/s1. The van der Waals surface area contributed by atoms with Gasteiger partial charge in [-0.15, -0.1) is 0 Å². The third kappa shape index (κ3) is 6.01. The number of amides is 2. The largest absolute Gasteiger partial charge is 0.352 e. The van der Waals surface area contributed by atoms with Crippen molar-refractivity contribution in [1.82, 2.24) is 10.2 Å². The molecule has 4 rings (SSSR count). The fraction of sp³-hybridized carbons (Fsp3) is 0.379. The van der Waals surface area contributed by atoms with Gasteiger partial charge in [0.2, 0.25) is 11.8 Å². The van der Waals surface area contributed by atoms with Crippen molar-refractivity contribution < 1.29 is 9.59 Å². The van der Waals surface area contributed by atoms with E-state index < -0.39 is 6.04 Å². The molecule has 1 saturated carbocycles. The Bertz CT molecular complexity index is 1070. The molecule has 1 aliphatic carbocycles. The number of hydrogen-bond acceptors (Lipinski definition) is 2. The molecule has 1 aliphatic rings. The molecule has 1 atom stereocenters. The molecule has 2 amide bonds. The van der Waals surface area contributed by atoms with Crippen LogP contribution in [-0.4, -0.2) is 35.3 Å². The zero-order valence-electron chi connectivity index (χ0n) is 19.5. The molecule has 3 aromatic rings. The molecule has 1 fully saturated rings. The van der Waals surface area contributed by atoms with E-state index in [1.165, 1.54) is 34.7 Å². The Balaban J connectivity index is 1.45. The van der Waals surface area contributed by atoms with E-state index in [4.69, 9.17) is 0 Å². The smallest absolute Gasteiger partial charge is 0.242 e. The Morgan fingerprint density at radius 2 is 1.61 bits per heavy atom. The van der Waals surface area contributed by atoms with Crippen molar-refractivity contribution in [3.05, 3.63) is 83.9 Å². The summed E-state index contributed by atoms with van der Waals surface area (Å²) in [5.74, 6) is 0.00131. The number of nitrogens with one attached hydrogen (secondary N) is 1. The highest BCUT2D eigenvalue weighted by atomic mass is 16.2. The highest BCUT2D eigenvalue weighted by molar-refractivity contribution is 5.89. The minimum atomic E-state index is -0.477. The minimum absolute atomic E-state index is 0.0338. The monoisotopic (exact) mass is 442 g/mol. The first-order chi connectivity index (χ1) is 16.1. The van der Waals surface area contributed by atoms with E-state index in [1.54, 1.807) is 4.90 Å². The molecule has 4 heteroatoms. The Morgan fingerprint density at radius 3 is 2.39 bits per heavy atom. The van der Waals surface area contributed by atoms with E-state index >= 15 is 0 Å². The normalized spacial score (nSPS) is 14.8. The molecule has 0 unspecified atom stereocenters. The average molecular weight is 443 g/mol. The van der Waals surface area contributed by atoms with Crippen LogP contribution >= 0.6 is 0 Å². The van der Waals surface area contributed by atoms with Gasteiger partial charge in [-0.05, 0) is 54.5 Å². The predicted molar refractivity (Wildman–Crippen MR) is 134 cm³/mol. The van der Waals surface area contributed by atoms with Crippen molar-refractivity contribution in [2.75, 3.05) is 6.54 Å². The molecular formula is C29H34N2O2. The summed E-state index contributed by atoms with van der Waals surface area (Å²) in [5.41, 5.74) is 2.35. The zero-order valence-corrected chi connectivity index (χ0v) is 19.5. The van der Waals surface area contributed by atoms with Crippen molar-refractivity contribution in [3.63, 3.8) is 0 Å². The lowest BCUT2D eigenvalue weighted by Gasteiger charge is -2.30. The number of rotatable bonds is 9. The molecule has 0 radical (unpaired) electrons. The Labute approximate surface area is 197 Å². The summed E-state index contributed by atoms with van der Waals surface area (Å²) in [6, 6.07) is 24.5. The fourth-order valence-electron chi connectivity index (χ4n) is 4.86. The molecule has 0 aliphatic heterocycles. The van der Waals surface area contributed by atoms with Crippen LogP contribution in [0.25, 0.3) is 10.8 Å². The second kappa shape index (κ2) is 11.1. The third-order valence-electron chi connectivity index (χ3n) is 6.84. The van der Waals surface area contributed by atoms with Crippen LogP contribution in [0.1, 0.15) is 50.2 Å². The van der Waals surface area contributed by atoms with Gasteiger partial charge < -0.3 is 10.2 Å². The van der Waals surface area contributed by atoms with Gasteiger partial charge in [-0.2, -0.15) is 0 Å². The topological polar surface area (TPSA) is 49.4 Å². The van der Waals surface area contributed by atoms with Gasteiger partial charge in [0.25, 0.3) is 0 Å². The first-order valence-electron chi connectivity index (χ1n) is 12.2. The number of aryl methyl sites for hydroxylation is 1. The van der Waals surface area contributed by atoms with Gasteiger partial charge in [0.15, 0.2) is 0 Å². The molecule has 1 N–H and O–H groups in total. The highest BCUT2D eigenvalue weighted by Crippen LogP contribution is 2.21. The van der Waals surface area contributed by atoms with Crippen molar-refractivity contribution in [3.8, 4) is 0 Å². The number of benzene rings is 3. The molecule has 0 heterocycles. The van der Waals surface area contributed by atoms with E-state index in [1.807, 2.05) is 43.3 Å². The molecule has 0 aromatic heterocycles. The lowest BCUT2D eigenvalue weighted by Crippen LogP contribution is -2.50. The number of hydrogen-bond donors (Lipinski definition) is 1. The Kier molecular flexibility index (Phi) is 7.77. The van der Waals surface area contributed by atoms with Crippen LogP contribution in [0.15, 0.2) is 72.8 Å². The average Bonchev–Trinajstić information content (AvgIpc) is 3.36. The van der Waals surface area contributed by atoms with Crippen LogP contribution in [0.3, 0.4) is 0 Å². The summed E-state index contributed by atoms with van der Waals surface area (Å²) in [7, 11) is 0. The maximum absolute atomic E-state index is 13.4. The molecular weight excluding hydrogens is 408 g/mol. The van der Waals surface area contributed by atoms with Crippen molar-refractivity contribution >= 4 is 22.6 Å². The molecule has 33 heavy (non-hydrogen) atoms. The summed E-state index contributed by atoms with van der Waals surface area (Å²) in [6.45, 7) is 2.41. The van der Waals surface area contributed by atoms with Crippen molar-refractivity contribution in [2.24, 2.45) is 0 Å². The van der Waals surface area contributed by atoms with Crippen molar-refractivity contribution in [2.45, 2.75) is 64.0 Å². The van der Waals surface area contributed by atoms with Gasteiger partial charge in [0.05, 0.1) is 0 Å². The van der Waals surface area contributed by atoms with Gasteiger partial charge in [-0.3, -0.25) is 9.59 Å². The number of fused-ring (bicyclic) bond motifs is 1. The van der Waals surface area contributed by atoms with Crippen molar-refractivity contribution in [1.29, 1.82) is 0 Å². The quantitative estimate of drug-likeness (QED) is 0.489. The lowest BCUT2D eigenvalue weighted by atomic mass is 10.0. The molecule has 0 bridgehead atoms. The van der Waals surface area contributed by atoms with Gasteiger partial charge in [0, 0.05) is 19.0 Å². The second-order valence-electron chi connectivity index (χ2n) is 9.13. The summed E-state index contributed by atoms with van der Waals surface area (Å²) < 4.78 is 0. The minimum Gasteiger partial charge on any atom is -0.352 e. The molecule has 0 spiro atoms. The Morgan fingerprint density at radius 1 is 0.909 bits per heavy atom.